The zero-order valence-electron chi connectivity index (χ0n) is 14.9. The van der Waals surface area contributed by atoms with Gasteiger partial charge in [-0.15, -0.1) is 0 Å². The Morgan fingerprint density at radius 2 is 1.59 bits per heavy atom. The van der Waals surface area contributed by atoms with E-state index in [0.29, 0.717) is 22.1 Å². The van der Waals surface area contributed by atoms with Crippen molar-refractivity contribution in [2.45, 2.75) is 13.8 Å². The van der Waals surface area contributed by atoms with E-state index < -0.39 is 18.5 Å². The van der Waals surface area contributed by atoms with Crippen molar-refractivity contribution in [2.24, 2.45) is 0 Å². The standard InChI is InChI=1S/C19H19ClN2O5/c1-12-9-16(7-8-17(12)20)26-11-19(25)27-10-18(24)22-15-5-3-14(4-6-15)21-13(2)23/h3-9H,10-11H2,1-2H3,(H,21,23)(H,22,24). The second-order valence-corrected chi connectivity index (χ2v) is 6.07. The van der Waals surface area contributed by atoms with Crippen LogP contribution >= 0.6 is 11.6 Å². The van der Waals surface area contributed by atoms with Crippen LogP contribution in [0.1, 0.15) is 12.5 Å². The van der Waals surface area contributed by atoms with Gasteiger partial charge in [-0.25, -0.2) is 4.79 Å². The quantitative estimate of drug-likeness (QED) is 0.708. The van der Waals surface area contributed by atoms with Gasteiger partial charge in [0, 0.05) is 23.3 Å². The molecule has 0 aromatic heterocycles. The molecule has 0 aliphatic carbocycles. The summed E-state index contributed by atoms with van der Waals surface area (Å²) < 4.78 is 10.2. The molecule has 2 rings (SSSR count). The molecule has 0 heterocycles. The van der Waals surface area contributed by atoms with Crippen molar-refractivity contribution < 1.29 is 23.9 Å². The van der Waals surface area contributed by atoms with Crippen molar-refractivity contribution in [3.63, 3.8) is 0 Å². The molecule has 142 valence electrons. The summed E-state index contributed by atoms with van der Waals surface area (Å²) in [6.07, 6.45) is 0. The lowest BCUT2D eigenvalue weighted by atomic mass is 10.2. The fourth-order valence-corrected chi connectivity index (χ4v) is 2.19. The van der Waals surface area contributed by atoms with Crippen LogP contribution in [0, 0.1) is 6.92 Å². The molecule has 2 aromatic carbocycles. The first-order valence-corrected chi connectivity index (χ1v) is 8.43. The van der Waals surface area contributed by atoms with E-state index in [9.17, 15) is 14.4 Å². The van der Waals surface area contributed by atoms with E-state index in [4.69, 9.17) is 21.1 Å². The summed E-state index contributed by atoms with van der Waals surface area (Å²) in [5, 5.41) is 5.80. The number of rotatable bonds is 7. The zero-order valence-corrected chi connectivity index (χ0v) is 15.6. The van der Waals surface area contributed by atoms with Gasteiger partial charge in [-0.3, -0.25) is 9.59 Å². The number of benzene rings is 2. The Bertz CT molecular complexity index is 836. The van der Waals surface area contributed by atoms with E-state index in [-0.39, 0.29) is 12.5 Å². The number of ether oxygens (including phenoxy) is 2. The van der Waals surface area contributed by atoms with E-state index in [2.05, 4.69) is 10.6 Å². The number of hydrogen-bond donors (Lipinski definition) is 2. The highest BCUT2D eigenvalue weighted by molar-refractivity contribution is 6.31. The van der Waals surface area contributed by atoms with Crippen molar-refractivity contribution >= 4 is 40.8 Å². The summed E-state index contributed by atoms with van der Waals surface area (Å²) in [4.78, 5) is 34.5. The molecule has 0 fully saturated rings. The maximum Gasteiger partial charge on any atom is 0.344 e. The molecule has 0 bridgehead atoms. The molecule has 0 saturated carbocycles. The summed E-state index contributed by atoms with van der Waals surface area (Å²) >= 11 is 5.92. The van der Waals surface area contributed by atoms with E-state index >= 15 is 0 Å². The molecule has 8 heteroatoms. The van der Waals surface area contributed by atoms with Gasteiger partial charge in [0.05, 0.1) is 0 Å². The number of carbonyl (C=O) groups excluding carboxylic acids is 3. The molecule has 2 amide bonds. The number of nitrogens with one attached hydrogen (secondary N) is 2. The molecule has 27 heavy (non-hydrogen) atoms. The minimum absolute atomic E-state index is 0.185. The van der Waals surface area contributed by atoms with Gasteiger partial charge in [-0.2, -0.15) is 0 Å². The Kier molecular flexibility index (Phi) is 7.19. The lowest BCUT2D eigenvalue weighted by molar-refractivity contribution is -0.149. The Morgan fingerprint density at radius 3 is 2.19 bits per heavy atom. The average Bonchev–Trinajstić information content (AvgIpc) is 2.62. The van der Waals surface area contributed by atoms with Gasteiger partial charge >= 0.3 is 5.97 Å². The number of anilines is 2. The molecule has 0 saturated heterocycles. The third-order valence-corrected chi connectivity index (χ3v) is 3.76. The highest BCUT2D eigenvalue weighted by atomic mass is 35.5. The normalized spacial score (nSPS) is 10.0. The maximum absolute atomic E-state index is 11.8. The van der Waals surface area contributed by atoms with Crippen LogP contribution in [0.25, 0.3) is 0 Å². The largest absolute Gasteiger partial charge is 0.482 e. The highest BCUT2D eigenvalue weighted by Gasteiger charge is 2.09. The number of carbonyl (C=O) groups is 3. The van der Waals surface area contributed by atoms with Crippen molar-refractivity contribution in [3.8, 4) is 5.75 Å². The van der Waals surface area contributed by atoms with E-state index in [1.54, 1.807) is 42.5 Å². The fraction of sp³-hybridized carbons (Fsp3) is 0.211. The third kappa shape index (κ3) is 6.99. The topological polar surface area (TPSA) is 93.7 Å². The van der Waals surface area contributed by atoms with Crippen LogP contribution in [0.2, 0.25) is 5.02 Å². The van der Waals surface area contributed by atoms with Gasteiger partial charge in [0.25, 0.3) is 5.91 Å². The highest BCUT2D eigenvalue weighted by Crippen LogP contribution is 2.21. The molecular weight excluding hydrogens is 372 g/mol. The van der Waals surface area contributed by atoms with Gasteiger partial charge in [-0.05, 0) is 55.0 Å². The van der Waals surface area contributed by atoms with Crippen molar-refractivity contribution in [3.05, 3.63) is 53.1 Å². The Hall–Kier alpha value is -3.06. The number of amides is 2. The second kappa shape index (κ2) is 9.59. The molecule has 2 N–H and O–H groups in total. The molecule has 0 aliphatic rings. The molecule has 2 aromatic rings. The predicted molar refractivity (Wildman–Crippen MR) is 102 cm³/mol. The molecule has 0 aliphatic heterocycles. The lowest BCUT2D eigenvalue weighted by Crippen LogP contribution is -2.23. The smallest absolute Gasteiger partial charge is 0.344 e. The van der Waals surface area contributed by atoms with Crippen LogP contribution in [-0.2, 0) is 19.1 Å². The number of hydrogen-bond acceptors (Lipinski definition) is 5. The van der Waals surface area contributed by atoms with Gasteiger partial charge in [0.2, 0.25) is 5.91 Å². The Labute approximate surface area is 161 Å². The summed E-state index contributed by atoms with van der Waals surface area (Å²) in [5.41, 5.74) is 1.95. The van der Waals surface area contributed by atoms with Crippen molar-refractivity contribution in [1.82, 2.24) is 0 Å². The van der Waals surface area contributed by atoms with Crippen molar-refractivity contribution in [2.75, 3.05) is 23.8 Å². The molecule has 0 radical (unpaired) electrons. The van der Waals surface area contributed by atoms with Crippen LogP contribution in [0.4, 0.5) is 11.4 Å². The van der Waals surface area contributed by atoms with Crippen LogP contribution in [0.3, 0.4) is 0 Å². The molecular formula is C19H19ClN2O5. The van der Waals surface area contributed by atoms with Gasteiger partial charge < -0.3 is 20.1 Å². The van der Waals surface area contributed by atoms with E-state index in [0.717, 1.165) is 5.56 Å². The van der Waals surface area contributed by atoms with Gasteiger partial charge in [-0.1, -0.05) is 11.6 Å². The fourth-order valence-electron chi connectivity index (χ4n) is 2.07. The molecule has 0 spiro atoms. The first-order chi connectivity index (χ1) is 12.8. The molecule has 0 atom stereocenters. The Morgan fingerprint density at radius 1 is 0.963 bits per heavy atom. The van der Waals surface area contributed by atoms with Crippen molar-refractivity contribution in [1.29, 1.82) is 0 Å². The molecule has 7 nitrogen and oxygen atoms in total. The second-order valence-electron chi connectivity index (χ2n) is 5.67. The Balaban J connectivity index is 1.73. The first-order valence-electron chi connectivity index (χ1n) is 8.05. The van der Waals surface area contributed by atoms with Gasteiger partial charge in [0.1, 0.15) is 5.75 Å². The summed E-state index contributed by atoms with van der Waals surface area (Å²) in [7, 11) is 0. The summed E-state index contributed by atoms with van der Waals surface area (Å²) in [5.74, 6) is -0.857. The zero-order chi connectivity index (χ0) is 19.8. The summed E-state index contributed by atoms with van der Waals surface area (Å²) in [6, 6.07) is 11.5. The van der Waals surface area contributed by atoms with Gasteiger partial charge in [0.15, 0.2) is 13.2 Å². The maximum atomic E-state index is 11.8. The monoisotopic (exact) mass is 390 g/mol. The lowest BCUT2D eigenvalue weighted by Gasteiger charge is -2.09. The minimum atomic E-state index is -0.668. The number of aryl methyl sites for hydroxylation is 1. The minimum Gasteiger partial charge on any atom is -0.482 e. The van der Waals surface area contributed by atoms with E-state index in [1.807, 2.05) is 6.92 Å². The predicted octanol–water partition coefficient (Wildman–Crippen LogP) is 3.17. The van der Waals surface area contributed by atoms with Crippen LogP contribution in [-0.4, -0.2) is 31.0 Å². The SMILES string of the molecule is CC(=O)Nc1ccc(NC(=O)COC(=O)COc2ccc(Cl)c(C)c2)cc1. The first kappa shape index (κ1) is 20.3. The van der Waals surface area contributed by atoms with E-state index in [1.165, 1.54) is 6.92 Å². The number of esters is 1. The third-order valence-electron chi connectivity index (χ3n) is 3.34. The molecule has 0 unspecified atom stereocenters. The van der Waals surface area contributed by atoms with Crippen LogP contribution < -0.4 is 15.4 Å². The van der Waals surface area contributed by atoms with Crippen LogP contribution in [0.15, 0.2) is 42.5 Å². The van der Waals surface area contributed by atoms with Crippen LogP contribution in [0.5, 0.6) is 5.75 Å². The summed E-state index contributed by atoms with van der Waals surface area (Å²) in [6.45, 7) is 2.47. The average molecular weight is 391 g/mol. The number of halogens is 1.